The second kappa shape index (κ2) is 5.56. The van der Waals surface area contributed by atoms with Crippen molar-refractivity contribution < 1.29 is 9.42 Å². The van der Waals surface area contributed by atoms with Gasteiger partial charge in [-0.05, 0) is 17.6 Å². The van der Waals surface area contributed by atoms with E-state index in [0.717, 1.165) is 11.5 Å². The average molecular weight is 200 g/mol. The van der Waals surface area contributed by atoms with Gasteiger partial charge in [-0.3, -0.25) is 0 Å². The predicted octanol–water partition coefficient (Wildman–Crippen LogP) is 1.69. The molecule has 5 heteroatoms. The van der Waals surface area contributed by atoms with Crippen molar-refractivity contribution in [3.05, 3.63) is 0 Å². The Hall–Kier alpha value is 0.920. The molecule has 10 heavy (non-hydrogen) atoms. The molecule has 0 radical (unpaired) electrons. The Kier molecular flexibility index (Phi) is 6.07. The lowest BCUT2D eigenvalue weighted by Gasteiger charge is -2.08. The SMILES string of the molecule is CCSCCOP(C)(O)=S. The zero-order valence-corrected chi connectivity index (χ0v) is 8.77. The molecule has 0 spiro atoms. The lowest BCUT2D eigenvalue weighted by Crippen LogP contribution is -1.94. The second-order valence-electron chi connectivity index (χ2n) is 1.83. The van der Waals surface area contributed by atoms with Gasteiger partial charge in [0.2, 0.25) is 0 Å². The van der Waals surface area contributed by atoms with Crippen LogP contribution < -0.4 is 0 Å². The Bertz CT molecular complexity index is 123. The van der Waals surface area contributed by atoms with Crippen LogP contribution in [-0.4, -0.2) is 29.7 Å². The standard InChI is InChI=1S/C5H13O2PS2/c1-3-10-5-4-7-8(2,6)9/h3-5H2,1-2H3,(H,6,9). The van der Waals surface area contributed by atoms with Crippen LogP contribution in [0.4, 0.5) is 0 Å². The van der Waals surface area contributed by atoms with Gasteiger partial charge in [-0.15, -0.1) is 0 Å². The van der Waals surface area contributed by atoms with Crippen molar-refractivity contribution in [1.29, 1.82) is 0 Å². The van der Waals surface area contributed by atoms with Crippen LogP contribution in [0.1, 0.15) is 6.92 Å². The summed E-state index contributed by atoms with van der Waals surface area (Å²) >= 11 is 6.45. The molecule has 0 heterocycles. The lowest BCUT2D eigenvalue weighted by atomic mass is 10.9. The molecule has 1 N–H and O–H groups in total. The Morgan fingerprint density at radius 3 is 2.70 bits per heavy atom. The third-order valence-corrected chi connectivity index (χ3v) is 2.60. The monoisotopic (exact) mass is 200 g/mol. The largest absolute Gasteiger partial charge is 0.345 e. The molecule has 0 saturated carbocycles. The zero-order chi connectivity index (χ0) is 8.04. The summed E-state index contributed by atoms with van der Waals surface area (Å²) in [6, 6.07) is 0. The Morgan fingerprint density at radius 1 is 1.70 bits per heavy atom. The van der Waals surface area contributed by atoms with Gasteiger partial charge in [0.15, 0.2) is 6.49 Å². The highest BCUT2D eigenvalue weighted by Gasteiger charge is 2.02. The van der Waals surface area contributed by atoms with Gasteiger partial charge in [0, 0.05) is 12.4 Å². The van der Waals surface area contributed by atoms with E-state index in [1.54, 1.807) is 18.4 Å². The van der Waals surface area contributed by atoms with Gasteiger partial charge in [0.25, 0.3) is 0 Å². The smallest absolute Gasteiger partial charge is 0.183 e. The van der Waals surface area contributed by atoms with E-state index in [-0.39, 0.29) is 0 Å². The molecule has 0 amide bonds. The van der Waals surface area contributed by atoms with Gasteiger partial charge in [-0.2, -0.15) is 11.8 Å². The maximum Gasteiger partial charge on any atom is 0.183 e. The Labute approximate surface area is 71.5 Å². The summed E-state index contributed by atoms with van der Waals surface area (Å²) in [6.45, 7) is 1.84. The molecule has 62 valence electrons. The summed E-state index contributed by atoms with van der Waals surface area (Å²) < 4.78 is 4.99. The molecule has 0 aromatic rings. The maximum absolute atomic E-state index is 9.01. The maximum atomic E-state index is 9.01. The van der Waals surface area contributed by atoms with E-state index in [4.69, 9.17) is 9.42 Å². The molecule has 0 aliphatic heterocycles. The minimum Gasteiger partial charge on any atom is -0.345 e. The van der Waals surface area contributed by atoms with Gasteiger partial charge in [0.05, 0.1) is 6.61 Å². The van der Waals surface area contributed by atoms with Crippen LogP contribution in [0.5, 0.6) is 0 Å². The van der Waals surface area contributed by atoms with Crippen molar-refractivity contribution in [2.75, 3.05) is 24.8 Å². The molecule has 1 atom stereocenters. The highest BCUT2D eigenvalue weighted by atomic mass is 32.5. The summed E-state index contributed by atoms with van der Waals surface area (Å²) in [4.78, 5) is 9.01. The van der Waals surface area contributed by atoms with Crippen molar-refractivity contribution in [3.8, 4) is 0 Å². The summed E-state index contributed by atoms with van der Waals surface area (Å²) in [5, 5.41) is 0. The van der Waals surface area contributed by atoms with Crippen LogP contribution in [0.2, 0.25) is 0 Å². The fourth-order valence-corrected chi connectivity index (χ4v) is 1.68. The lowest BCUT2D eigenvalue weighted by molar-refractivity contribution is 0.335. The van der Waals surface area contributed by atoms with E-state index in [2.05, 4.69) is 18.7 Å². The van der Waals surface area contributed by atoms with Crippen LogP contribution in [0.3, 0.4) is 0 Å². The van der Waals surface area contributed by atoms with Crippen LogP contribution in [0.15, 0.2) is 0 Å². The van der Waals surface area contributed by atoms with Gasteiger partial charge in [-0.1, -0.05) is 6.92 Å². The minimum absolute atomic E-state index is 0.572. The first-order valence-corrected chi connectivity index (χ1v) is 7.36. The van der Waals surface area contributed by atoms with Crippen molar-refractivity contribution in [2.45, 2.75) is 6.92 Å². The molecule has 0 aromatic carbocycles. The first-order chi connectivity index (χ1) is 4.56. The molecular formula is C5H13O2PS2. The molecule has 0 saturated heterocycles. The van der Waals surface area contributed by atoms with Crippen molar-refractivity contribution in [1.82, 2.24) is 0 Å². The number of hydrogen-bond acceptors (Lipinski definition) is 3. The van der Waals surface area contributed by atoms with Gasteiger partial charge in [-0.25, -0.2) is 0 Å². The number of hydrogen-bond donors (Lipinski definition) is 1. The third-order valence-electron chi connectivity index (χ3n) is 0.763. The highest BCUT2D eigenvalue weighted by molar-refractivity contribution is 8.09. The fraction of sp³-hybridized carbons (Fsp3) is 1.00. The normalized spacial score (nSPS) is 16.7. The molecule has 1 unspecified atom stereocenters. The number of rotatable bonds is 5. The first kappa shape index (κ1) is 10.9. The Morgan fingerprint density at radius 2 is 2.30 bits per heavy atom. The number of thioether (sulfide) groups is 1. The van der Waals surface area contributed by atoms with E-state index >= 15 is 0 Å². The van der Waals surface area contributed by atoms with Crippen LogP contribution in [0, 0.1) is 0 Å². The fourth-order valence-electron chi connectivity index (χ4n) is 0.410. The molecule has 2 nitrogen and oxygen atoms in total. The molecule has 0 bridgehead atoms. The predicted molar refractivity (Wildman–Crippen MR) is 51.4 cm³/mol. The summed E-state index contributed by atoms with van der Waals surface area (Å²) in [5.74, 6) is 2.00. The van der Waals surface area contributed by atoms with E-state index in [1.165, 1.54) is 0 Å². The van der Waals surface area contributed by atoms with Gasteiger partial charge >= 0.3 is 0 Å². The van der Waals surface area contributed by atoms with Gasteiger partial charge < -0.3 is 9.42 Å². The molecule has 0 fully saturated rings. The highest BCUT2D eigenvalue weighted by Crippen LogP contribution is 2.36. The summed E-state index contributed by atoms with van der Waals surface area (Å²) in [6.07, 6.45) is 0. The van der Waals surface area contributed by atoms with E-state index in [9.17, 15) is 0 Å². The second-order valence-corrected chi connectivity index (χ2v) is 7.12. The van der Waals surface area contributed by atoms with Gasteiger partial charge in [0.1, 0.15) is 0 Å². The van der Waals surface area contributed by atoms with E-state index in [0.29, 0.717) is 6.61 Å². The van der Waals surface area contributed by atoms with Crippen molar-refractivity contribution >= 4 is 30.1 Å². The van der Waals surface area contributed by atoms with Crippen LogP contribution in [-0.2, 0) is 16.3 Å². The van der Waals surface area contributed by atoms with Crippen LogP contribution in [0.25, 0.3) is 0 Å². The van der Waals surface area contributed by atoms with Crippen molar-refractivity contribution in [2.24, 2.45) is 0 Å². The molecular weight excluding hydrogens is 187 g/mol. The topological polar surface area (TPSA) is 29.5 Å². The summed E-state index contributed by atoms with van der Waals surface area (Å²) in [5.41, 5.74) is 0. The Balaban J connectivity index is 3.13. The van der Waals surface area contributed by atoms with Crippen LogP contribution >= 0.6 is 18.3 Å². The zero-order valence-electron chi connectivity index (χ0n) is 6.24. The summed E-state index contributed by atoms with van der Waals surface area (Å²) in [7, 11) is 0. The molecule has 0 rings (SSSR count). The molecule has 0 aliphatic carbocycles. The quantitative estimate of drug-likeness (QED) is 0.540. The van der Waals surface area contributed by atoms with E-state index < -0.39 is 6.49 Å². The third kappa shape index (κ3) is 8.92. The van der Waals surface area contributed by atoms with Crippen molar-refractivity contribution in [3.63, 3.8) is 0 Å². The minimum atomic E-state index is -2.39. The molecule has 0 aromatic heterocycles. The average Bonchev–Trinajstić information content (AvgIpc) is 1.78. The first-order valence-electron chi connectivity index (χ1n) is 3.09. The molecule has 0 aliphatic rings. The van der Waals surface area contributed by atoms with E-state index in [1.807, 2.05) is 0 Å².